The third-order valence-corrected chi connectivity index (χ3v) is 3.79. The number of unbranched alkanes of at least 4 members (excludes halogenated alkanes) is 3. The fraction of sp³-hybridized carbons (Fsp3) is 0.556. The van der Waals surface area contributed by atoms with Gasteiger partial charge in [-0.15, -0.1) is 0 Å². The van der Waals surface area contributed by atoms with Crippen molar-refractivity contribution in [1.82, 2.24) is 9.80 Å². The third kappa shape index (κ3) is 8.01. The Morgan fingerprint density at radius 1 is 0.542 bits per heavy atom. The monoisotopic (exact) mass is 340 g/mol. The first-order valence-corrected chi connectivity index (χ1v) is 8.16. The van der Waals surface area contributed by atoms with E-state index in [4.69, 9.17) is 0 Å². The Morgan fingerprint density at radius 3 is 1.00 bits per heavy atom. The predicted molar refractivity (Wildman–Crippen MR) is 96.7 cm³/mol. The second-order valence-electron chi connectivity index (χ2n) is 5.49. The van der Waals surface area contributed by atoms with Crippen molar-refractivity contribution < 1.29 is 20.4 Å². The molecule has 4 unspecified atom stereocenters. The van der Waals surface area contributed by atoms with Crippen LogP contribution in [0.2, 0.25) is 0 Å². The van der Waals surface area contributed by atoms with Crippen LogP contribution >= 0.6 is 0 Å². The zero-order valence-electron chi connectivity index (χ0n) is 14.4. The van der Waals surface area contributed by atoms with Gasteiger partial charge in [0.25, 0.3) is 0 Å². The van der Waals surface area contributed by atoms with Crippen LogP contribution in [-0.4, -0.2) is 68.2 Å². The second kappa shape index (κ2) is 13.1. The smallest absolute Gasteiger partial charge is 0.128 e. The summed E-state index contributed by atoms with van der Waals surface area (Å²) in [6, 6.07) is 0. The Balaban J connectivity index is 4.18. The third-order valence-electron chi connectivity index (χ3n) is 3.79. The maximum atomic E-state index is 9.79. The number of rotatable bonds is 15. The van der Waals surface area contributed by atoms with Crippen molar-refractivity contribution in [1.29, 1.82) is 0 Å². The average molecular weight is 340 g/mol. The lowest BCUT2D eigenvalue weighted by Gasteiger charge is -2.29. The van der Waals surface area contributed by atoms with Gasteiger partial charge in [-0.05, 0) is 37.1 Å². The average Bonchev–Trinajstić information content (AvgIpc) is 2.61. The van der Waals surface area contributed by atoms with Gasteiger partial charge in [0.15, 0.2) is 0 Å². The molecule has 24 heavy (non-hydrogen) atoms. The summed E-state index contributed by atoms with van der Waals surface area (Å²) in [6.45, 7) is 15.1. The number of hydrogen-bond acceptors (Lipinski definition) is 6. The minimum atomic E-state index is -0.918. The first-order chi connectivity index (χ1) is 11.4. The van der Waals surface area contributed by atoms with Crippen LogP contribution in [0.25, 0.3) is 0 Å². The molecule has 0 bridgehead atoms. The molecule has 0 fully saturated rings. The van der Waals surface area contributed by atoms with Crippen LogP contribution in [0.5, 0.6) is 0 Å². The van der Waals surface area contributed by atoms with Crippen LogP contribution in [0.3, 0.4) is 0 Å². The topological polar surface area (TPSA) is 87.4 Å². The lowest BCUT2D eigenvalue weighted by molar-refractivity contribution is -0.0588. The van der Waals surface area contributed by atoms with Gasteiger partial charge in [-0.3, -0.25) is 0 Å². The Labute approximate surface area is 145 Å². The Bertz CT molecular complexity index is 325. The van der Waals surface area contributed by atoms with Gasteiger partial charge in [0.1, 0.15) is 24.9 Å². The highest BCUT2D eigenvalue weighted by Crippen LogP contribution is 2.11. The highest BCUT2D eigenvalue weighted by atomic mass is 16.3. The maximum absolute atomic E-state index is 9.79. The fourth-order valence-corrected chi connectivity index (χ4v) is 2.33. The highest BCUT2D eigenvalue weighted by Gasteiger charge is 2.19. The zero-order chi connectivity index (χ0) is 18.5. The molecule has 0 rings (SSSR count). The van der Waals surface area contributed by atoms with E-state index in [1.54, 1.807) is 0 Å². The van der Waals surface area contributed by atoms with E-state index in [2.05, 4.69) is 26.3 Å². The first-order valence-electron chi connectivity index (χ1n) is 8.16. The molecule has 0 spiro atoms. The molecule has 0 amide bonds. The summed E-state index contributed by atoms with van der Waals surface area (Å²) in [5.74, 6) is 0. The summed E-state index contributed by atoms with van der Waals surface area (Å²) in [6.07, 6.45) is 5.09. The number of nitrogens with zero attached hydrogens (tertiary/aromatic N) is 2. The largest absolute Gasteiger partial charge is 0.375 e. The SMILES string of the molecule is C=CC(O)N(CCCCCCN(C(O)C=C)C(O)C=C)C(O)C=C. The number of aliphatic hydroxyl groups is 4. The minimum Gasteiger partial charge on any atom is -0.375 e. The molecule has 6 heteroatoms. The molecule has 0 aromatic heterocycles. The van der Waals surface area contributed by atoms with Gasteiger partial charge in [0.2, 0.25) is 0 Å². The first kappa shape index (κ1) is 22.7. The van der Waals surface area contributed by atoms with Gasteiger partial charge in [-0.1, -0.05) is 39.2 Å². The van der Waals surface area contributed by atoms with E-state index in [9.17, 15) is 20.4 Å². The molecule has 0 saturated carbocycles. The van der Waals surface area contributed by atoms with E-state index < -0.39 is 24.9 Å². The van der Waals surface area contributed by atoms with Crippen LogP contribution in [0.4, 0.5) is 0 Å². The zero-order valence-corrected chi connectivity index (χ0v) is 14.4. The molecule has 4 atom stereocenters. The normalized spacial score (nSPS) is 16.4. The van der Waals surface area contributed by atoms with Crippen molar-refractivity contribution in [2.45, 2.75) is 50.6 Å². The van der Waals surface area contributed by atoms with E-state index in [0.29, 0.717) is 13.1 Å². The molecule has 0 radical (unpaired) electrons. The summed E-state index contributed by atoms with van der Waals surface area (Å²) in [5.41, 5.74) is 0. The van der Waals surface area contributed by atoms with Gasteiger partial charge >= 0.3 is 0 Å². The molecule has 4 N–H and O–H groups in total. The molecule has 0 aliphatic heterocycles. The number of aliphatic hydroxyl groups excluding tert-OH is 4. The van der Waals surface area contributed by atoms with Gasteiger partial charge < -0.3 is 20.4 Å². The summed E-state index contributed by atoms with van der Waals surface area (Å²) >= 11 is 0. The van der Waals surface area contributed by atoms with Crippen molar-refractivity contribution in [3.63, 3.8) is 0 Å². The van der Waals surface area contributed by atoms with Crippen molar-refractivity contribution in [3.8, 4) is 0 Å². The van der Waals surface area contributed by atoms with Crippen molar-refractivity contribution in [3.05, 3.63) is 50.6 Å². The van der Waals surface area contributed by atoms with Crippen LogP contribution in [-0.2, 0) is 0 Å². The molecule has 0 aliphatic rings. The Kier molecular flexibility index (Phi) is 12.4. The summed E-state index contributed by atoms with van der Waals surface area (Å²) < 4.78 is 0. The molecule has 0 saturated heterocycles. The van der Waals surface area contributed by atoms with E-state index >= 15 is 0 Å². The highest BCUT2D eigenvalue weighted by molar-refractivity contribution is 4.87. The van der Waals surface area contributed by atoms with Crippen LogP contribution in [0.1, 0.15) is 25.7 Å². The van der Waals surface area contributed by atoms with Gasteiger partial charge in [0.05, 0.1) is 0 Å². The van der Waals surface area contributed by atoms with Gasteiger partial charge in [-0.25, -0.2) is 9.80 Å². The van der Waals surface area contributed by atoms with E-state index in [1.165, 1.54) is 34.1 Å². The Morgan fingerprint density at radius 2 is 0.792 bits per heavy atom. The standard InChI is InChI=1S/C18H32N2O4/c1-5-15(21)19(16(22)6-2)13-11-9-10-12-14-20(17(23)7-3)18(24)8-4/h5-8,15-18,21-24H,1-4,9-14H2. The predicted octanol–water partition coefficient (Wildman–Crippen LogP) is 1.17. The molecule has 0 aliphatic carbocycles. The summed E-state index contributed by atoms with van der Waals surface area (Å²) in [4.78, 5) is 2.99. The number of hydrogen-bond donors (Lipinski definition) is 4. The molecule has 0 aromatic rings. The van der Waals surface area contributed by atoms with Gasteiger partial charge in [0, 0.05) is 13.1 Å². The van der Waals surface area contributed by atoms with Crippen molar-refractivity contribution in [2.75, 3.05) is 13.1 Å². The van der Waals surface area contributed by atoms with Crippen LogP contribution < -0.4 is 0 Å². The fourth-order valence-electron chi connectivity index (χ4n) is 2.33. The molecule has 6 nitrogen and oxygen atoms in total. The van der Waals surface area contributed by atoms with E-state index in [0.717, 1.165) is 25.7 Å². The summed E-state index contributed by atoms with van der Waals surface area (Å²) in [7, 11) is 0. The molecule has 0 aromatic carbocycles. The van der Waals surface area contributed by atoms with E-state index in [-0.39, 0.29) is 0 Å². The second-order valence-corrected chi connectivity index (χ2v) is 5.49. The summed E-state index contributed by atoms with van der Waals surface area (Å²) in [5, 5.41) is 39.2. The van der Waals surface area contributed by atoms with Crippen LogP contribution in [0.15, 0.2) is 50.6 Å². The molecular weight excluding hydrogens is 308 g/mol. The minimum absolute atomic E-state index is 0.509. The van der Waals surface area contributed by atoms with Gasteiger partial charge in [-0.2, -0.15) is 0 Å². The maximum Gasteiger partial charge on any atom is 0.128 e. The van der Waals surface area contributed by atoms with Crippen molar-refractivity contribution in [2.24, 2.45) is 0 Å². The molecule has 138 valence electrons. The Hall–Kier alpha value is -1.28. The van der Waals surface area contributed by atoms with Crippen LogP contribution in [0, 0.1) is 0 Å². The molecule has 0 heterocycles. The van der Waals surface area contributed by atoms with Crippen molar-refractivity contribution >= 4 is 0 Å². The quantitative estimate of drug-likeness (QED) is 0.203. The lowest BCUT2D eigenvalue weighted by atomic mass is 10.1. The van der Waals surface area contributed by atoms with E-state index in [1.807, 2.05) is 0 Å². The molecular formula is C18H32N2O4. The lowest BCUT2D eigenvalue weighted by Crippen LogP contribution is -2.42.